The summed E-state index contributed by atoms with van der Waals surface area (Å²) in [6.07, 6.45) is 0.719. The Kier molecular flexibility index (Phi) is 9.56. The van der Waals surface area contributed by atoms with Crippen LogP contribution in [-0.2, 0) is 6.42 Å². The summed E-state index contributed by atoms with van der Waals surface area (Å²) in [6.45, 7) is 9.61. The largest absolute Gasteiger partial charge is 0.353 e. The molecule has 0 radical (unpaired) electrons. The molecule has 0 aliphatic carbocycles. The van der Waals surface area contributed by atoms with Gasteiger partial charge in [0.05, 0.1) is 5.01 Å². The average molecular weight is 447 g/mol. The summed E-state index contributed by atoms with van der Waals surface area (Å²) >= 11 is 1.50. The molecule has 0 unspecified atom stereocenters. The van der Waals surface area contributed by atoms with Crippen molar-refractivity contribution in [2.45, 2.75) is 33.1 Å². The first-order valence-electron chi connectivity index (χ1n) is 9.02. The van der Waals surface area contributed by atoms with Gasteiger partial charge >= 0.3 is 0 Å². The first-order chi connectivity index (χ1) is 12.5. The van der Waals surface area contributed by atoms with Crippen molar-refractivity contribution in [1.29, 1.82) is 0 Å². The number of thiazole rings is 1. The van der Waals surface area contributed by atoms with E-state index in [0.29, 0.717) is 31.2 Å². The van der Waals surface area contributed by atoms with E-state index in [2.05, 4.69) is 28.7 Å². The number of aryl methyl sites for hydroxylation is 1. The molecule has 1 fully saturated rings. The molecule has 0 aromatic carbocycles. The standard InChI is InChI=1S/C18H26N6OS.2ClH/c1-12(2)17-20-13(3)10-15(22-17)23-6-8-24(9-7-23)18(25)14-11-26-16(21-14)4-5-19;;/h10-12H,4-9,19H2,1-3H3;2*1H. The molecular formula is C18H28Cl2N6OS. The van der Waals surface area contributed by atoms with Gasteiger partial charge in [-0.2, -0.15) is 0 Å². The molecule has 2 aromatic heterocycles. The summed E-state index contributed by atoms with van der Waals surface area (Å²) in [5.41, 5.74) is 7.07. The van der Waals surface area contributed by atoms with E-state index in [1.807, 2.05) is 23.3 Å². The summed E-state index contributed by atoms with van der Waals surface area (Å²) in [5, 5.41) is 2.76. The summed E-state index contributed by atoms with van der Waals surface area (Å²) in [7, 11) is 0. The minimum absolute atomic E-state index is 0. The van der Waals surface area contributed by atoms with Crippen LogP contribution in [0.2, 0.25) is 0 Å². The summed E-state index contributed by atoms with van der Waals surface area (Å²) < 4.78 is 0. The van der Waals surface area contributed by atoms with Crippen LogP contribution in [0.3, 0.4) is 0 Å². The van der Waals surface area contributed by atoms with Crippen molar-refractivity contribution in [3.05, 3.63) is 33.7 Å². The third kappa shape index (κ3) is 5.76. The molecule has 1 aliphatic heterocycles. The first-order valence-corrected chi connectivity index (χ1v) is 9.90. The number of hydrogen-bond acceptors (Lipinski definition) is 7. The van der Waals surface area contributed by atoms with E-state index in [9.17, 15) is 4.79 Å². The fourth-order valence-corrected chi connectivity index (χ4v) is 3.73. The Morgan fingerprint density at radius 2 is 1.86 bits per heavy atom. The second-order valence-electron chi connectivity index (χ2n) is 6.82. The molecule has 2 aromatic rings. The summed E-state index contributed by atoms with van der Waals surface area (Å²) in [5.74, 6) is 2.12. The minimum atomic E-state index is 0. The maximum Gasteiger partial charge on any atom is 0.273 e. The maximum absolute atomic E-state index is 12.7. The van der Waals surface area contributed by atoms with Crippen LogP contribution in [0.25, 0.3) is 0 Å². The fourth-order valence-electron chi connectivity index (χ4n) is 2.94. The first kappa shape index (κ1) is 24.6. The zero-order valence-corrected chi connectivity index (χ0v) is 18.9. The Balaban J connectivity index is 0.00000196. The lowest BCUT2D eigenvalue weighted by Crippen LogP contribution is -2.49. The molecule has 3 rings (SSSR count). The van der Waals surface area contributed by atoms with Crippen molar-refractivity contribution >= 4 is 47.9 Å². The molecule has 0 atom stereocenters. The molecule has 2 N–H and O–H groups in total. The molecule has 0 saturated carbocycles. The third-order valence-electron chi connectivity index (χ3n) is 4.39. The van der Waals surface area contributed by atoms with Gasteiger partial charge in [0.2, 0.25) is 0 Å². The molecule has 1 aliphatic rings. The van der Waals surface area contributed by atoms with Crippen molar-refractivity contribution in [3.8, 4) is 0 Å². The lowest BCUT2D eigenvalue weighted by Gasteiger charge is -2.35. The number of carbonyl (C=O) groups is 1. The van der Waals surface area contributed by atoms with Crippen LogP contribution in [0.4, 0.5) is 5.82 Å². The van der Waals surface area contributed by atoms with Crippen molar-refractivity contribution in [2.75, 3.05) is 37.6 Å². The number of piperazine rings is 1. The maximum atomic E-state index is 12.7. The van der Waals surface area contributed by atoms with E-state index in [1.165, 1.54) is 11.3 Å². The normalized spacial score (nSPS) is 13.9. The van der Waals surface area contributed by atoms with Crippen LogP contribution >= 0.6 is 36.2 Å². The van der Waals surface area contributed by atoms with Gasteiger partial charge in [-0.3, -0.25) is 4.79 Å². The quantitative estimate of drug-likeness (QED) is 0.758. The number of nitrogens with two attached hydrogens (primary N) is 1. The Morgan fingerprint density at radius 1 is 1.18 bits per heavy atom. The molecule has 3 heterocycles. The topological polar surface area (TPSA) is 88.2 Å². The van der Waals surface area contributed by atoms with E-state index in [4.69, 9.17) is 10.7 Å². The molecule has 28 heavy (non-hydrogen) atoms. The van der Waals surface area contributed by atoms with Crippen molar-refractivity contribution in [3.63, 3.8) is 0 Å². The second kappa shape index (κ2) is 10.9. The fraction of sp³-hybridized carbons (Fsp3) is 0.556. The average Bonchev–Trinajstić information content (AvgIpc) is 3.09. The third-order valence-corrected chi connectivity index (χ3v) is 5.30. The van der Waals surface area contributed by atoms with Crippen molar-refractivity contribution < 1.29 is 4.79 Å². The monoisotopic (exact) mass is 446 g/mol. The predicted molar refractivity (Wildman–Crippen MR) is 118 cm³/mol. The molecule has 1 amide bonds. The smallest absolute Gasteiger partial charge is 0.273 e. The Bertz CT molecular complexity index is 777. The number of anilines is 1. The number of amides is 1. The number of carbonyl (C=O) groups excluding carboxylic acids is 1. The molecule has 0 bridgehead atoms. The van der Waals surface area contributed by atoms with Gasteiger partial charge in [0.15, 0.2) is 0 Å². The van der Waals surface area contributed by atoms with E-state index < -0.39 is 0 Å². The molecule has 1 saturated heterocycles. The minimum Gasteiger partial charge on any atom is -0.353 e. The number of nitrogens with zero attached hydrogens (tertiary/aromatic N) is 5. The van der Waals surface area contributed by atoms with Crippen LogP contribution < -0.4 is 10.6 Å². The van der Waals surface area contributed by atoms with Gasteiger partial charge in [0.1, 0.15) is 17.3 Å². The molecule has 156 valence electrons. The SMILES string of the molecule is Cc1cc(N2CCN(C(=O)c3csc(CCN)n3)CC2)nc(C(C)C)n1.Cl.Cl. The van der Waals surface area contributed by atoms with Gasteiger partial charge in [0.25, 0.3) is 5.91 Å². The van der Waals surface area contributed by atoms with Crippen molar-refractivity contribution in [1.82, 2.24) is 19.9 Å². The van der Waals surface area contributed by atoms with Gasteiger partial charge in [-0.25, -0.2) is 15.0 Å². The van der Waals surface area contributed by atoms with E-state index in [-0.39, 0.29) is 30.7 Å². The van der Waals surface area contributed by atoms with Crippen LogP contribution in [-0.4, -0.2) is 58.5 Å². The van der Waals surface area contributed by atoms with Crippen LogP contribution in [0.15, 0.2) is 11.4 Å². The van der Waals surface area contributed by atoms with Gasteiger partial charge < -0.3 is 15.5 Å². The molecule has 10 heteroatoms. The number of halogens is 2. The number of rotatable bonds is 5. The Labute approximate surface area is 182 Å². The highest BCUT2D eigenvalue weighted by Gasteiger charge is 2.25. The summed E-state index contributed by atoms with van der Waals surface area (Å²) in [6, 6.07) is 2.02. The van der Waals surface area contributed by atoms with E-state index in [1.54, 1.807) is 0 Å². The van der Waals surface area contributed by atoms with E-state index >= 15 is 0 Å². The highest BCUT2D eigenvalue weighted by molar-refractivity contribution is 7.09. The highest BCUT2D eigenvalue weighted by Crippen LogP contribution is 2.20. The zero-order chi connectivity index (χ0) is 18.7. The van der Waals surface area contributed by atoms with Crippen molar-refractivity contribution in [2.24, 2.45) is 5.73 Å². The van der Waals surface area contributed by atoms with Gasteiger partial charge in [-0.05, 0) is 13.5 Å². The van der Waals surface area contributed by atoms with E-state index in [0.717, 1.165) is 41.9 Å². The lowest BCUT2D eigenvalue weighted by atomic mass is 10.2. The molecule has 0 spiro atoms. The Hall–Kier alpha value is -1.48. The zero-order valence-electron chi connectivity index (χ0n) is 16.4. The number of aromatic nitrogens is 3. The van der Waals surface area contributed by atoms with Gasteiger partial charge in [-0.15, -0.1) is 36.2 Å². The highest BCUT2D eigenvalue weighted by atomic mass is 35.5. The Morgan fingerprint density at radius 3 is 2.46 bits per heavy atom. The lowest BCUT2D eigenvalue weighted by molar-refractivity contribution is 0.0741. The molecular weight excluding hydrogens is 419 g/mol. The second-order valence-corrected chi connectivity index (χ2v) is 7.77. The molecule has 7 nitrogen and oxygen atoms in total. The van der Waals surface area contributed by atoms with Crippen LogP contribution in [0.1, 0.15) is 46.8 Å². The van der Waals surface area contributed by atoms with Gasteiger partial charge in [-0.1, -0.05) is 13.8 Å². The van der Waals surface area contributed by atoms with Gasteiger partial charge in [0, 0.05) is 55.7 Å². The predicted octanol–water partition coefficient (Wildman–Crippen LogP) is 2.67. The summed E-state index contributed by atoms with van der Waals surface area (Å²) in [4.78, 5) is 30.4. The number of hydrogen-bond donors (Lipinski definition) is 1. The van der Waals surface area contributed by atoms with Crippen LogP contribution in [0, 0.1) is 6.92 Å². The van der Waals surface area contributed by atoms with Crippen LogP contribution in [0.5, 0.6) is 0 Å².